The number of aryl methyl sites for hydroxylation is 1. The average molecular weight is 254 g/mol. The molecule has 0 amide bonds. The first-order chi connectivity index (χ1) is 8.20. The van der Waals surface area contributed by atoms with Crippen molar-refractivity contribution in [3.63, 3.8) is 0 Å². The Morgan fingerprint density at radius 3 is 3.06 bits per heavy atom. The van der Waals surface area contributed by atoms with Gasteiger partial charge in [-0.2, -0.15) is 0 Å². The third-order valence-corrected chi connectivity index (χ3v) is 3.80. The van der Waals surface area contributed by atoms with E-state index in [0.717, 1.165) is 18.1 Å². The number of halogens is 1. The maximum Gasteiger partial charge on any atom is 0.0558 e. The Hall–Kier alpha value is -0.570. The number of aliphatic hydroxyl groups is 1. The second kappa shape index (κ2) is 5.85. The van der Waals surface area contributed by atoms with Gasteiger partial charge in [-0.25, -0.2) is 0 Å². The largest absolute Gasteiger partial charge is 0.395 e. The predicted molar refractivity (Wildman–Crippen MR) is 71.7 cm³/mol. The molecule has 0 saturated heterocycles. The summed E-state index contributed by atoms with van der Waals surface area (Å²) in [5.74, 6) is 0.564. The Bertz CT molecular complexity index is 380. The Kier molecular flexibility index (Phi) is 4.43. The molecule has 0 unspecified atom stereocenters. The van der Waals surface area contributed by atoms with Crippen molar-refractivity contribution >= 4 is 11.6 Å². The molecule has 1 aliphatic rings. The van der Waals surface area contributed by atoms with Crippen LogP contribution >= 0.6 is 11.6 Å². The van der Waals surface area contributed by atoms with Gasteiger partial charge in [0.05, 0.1) is 6.61 Å². The van der Waals surface area contributed by atoms with E-state index >= 15 is 0 Å². The molecule has 2 rings (SSSR count). The molecule has 3 heteroatoms. The zero-order valence-corrected chi connectivity index (χ0v) is 11.1. The van der Waals surface area contributed by atoms with Gasteiger partial charge >= 0.3 is 0 Å². The van der Waals surface area contributed by atoms with Crippen molar-refractivity contribution in [2.24, 2.45) is 0 Å². The Labute approximate surface area is 108 Å². The Morgan fingerprint density at radius 1 is 1.47 bits per heavy atom. The summed E-state index contributed by atoms with van der Waals surface area (Å²) in [6, 6.07) is 6.27. The second-order valence-electron chi connectivity index (χ2n) is 4.92. The molecule has 0 heterocycles. The molecule has 0 radical (unpaired) electrons. The van der Waals surface area contributed by atoms with Crippen molar-refractivity contribution in [3.8, 4) is 0 Å². The third-order valence-electron chi connectivity index (χ3n) is 3.56. The SMILES string of the molecule is CN(CCO)C[C@@H]1CCCc2ccc(Cl)cc21. The Balaban J connectivity index is 2.13. The third kappa shape index (κ3) is 3.21. The van der Waals surface area contributed by atoms with E-state index < -0.39 is 0 Å². The fraction of sp³-hybridized carbons (Fsp3) is 0.571. The van der Waals surface area contributed by atoms with Crippen molar-refractivity contribution in [2.45, 2.75) is 25.2 Å². The van der Waals surface area contributed by atoms with Gasteiger partial charge in [0, 0.05) is 18.1 Å². The molecule has 17 heavy (non-hydrogen) atoms. The minimum absolute atomic E-state index is 0.228. The lowest BCUT2D eigenvalue weighted by Crippen LogP contribution is -2.29. The first kappa shape index (κ1) is 12.9. The fourth-order valence-electron chi connectivity index (χ4n) is 2.70. The van der Waals surface area contributed by atoms with Crippen LogP contribution < -0.4 is 0 Å². The number of fused-ring (bicyclic) bond motifs is 1. The van der Waals surface area contributed by atoms with Crippen molar-refractivity contribution < 1.29 is 5.11 Å². The molecular formula is C14H20ClNO. The van der Waals surface area contributed by atoms with Crippen LogP contribution in [-0.4, -0.2) is 36.8 Å². The van der Waals surface area contributed by atoms with Crippen LogP contribution in [0.3, 0.4) is 0 Å². The molecule has 0 aliphatic heterocycles. The van der Waals surface area contributed by atoms with Gasteiger partial charge in [-0.15, -0.1) is 0 Å². The van der Waals surface area contributed by atoms with Gasteiger partial charge in [-0.05, 0) is 55.5 Å². The summed E-state index contributed by atoms with van der Waals surface area (Å²) >= 11 is 6.09. The standard InChI is InChI=1S/C14H20ClNO/c1-16(7-8-17)10-12-4-2-3-11-5-6-13(15)9-14(11)12/h5-6,9,12,17H,2-4,7-8,10H2,1H3/t12-/m0/s1. The molecule has 94 valence electrons. The molecule has 1 aliphatic carbocycles. The van der Waals surface area contributed by atoms with Crippen LogP contribution in [0.25, 0.3) is 0 Å². The van der Waals surface area contributed by atoms with Gasteiger partial charge in [0.15, 0.2) is 0 Å². The van der Waals surface area contributed by atoms with Crippen molar-refractivity contribution in [1.29, 1.82) is 0 Å². The van der Waals surface area contributed by atoms with Crippen molar-refractivity contribution in [2.75, 3.05) is 26.7 Å². The van der Waals surface area contributed by atoms with Gasteiger partial charge in [0.1, 0.15) is 0 Å². The van der Waals surface area contributed by atoms with Gasteiger partial charge in [-0.3, -0.25) is 0 Å². The highest BCUT2D eigenvalue weighted by Crippen LogP contribution is 2.33. The molecule has 2 nitrogen and oxygen atoms in total. The van der Waals surface area contributed by atoms with Crippen LogP contribution in [0.4, 0.5) is 0 Å². The first-order valence-electron chi connectivity index (χ1n) is 6.28. The highest BCUT2D eigenvalue weighted by atomic mass is 35.5. The molecule has 0 spiro atoms. The number of hydrogen-bond donors (Lipinski definition) is 1. The number of likely N-dealkylation sites (N-methyl/N-ethyl adjacent to an activating group) is 1. The zero-order chi connectivity index (χ0) is 12.3. The number of rotatable bonds is 4. The van der Waals surface area contributed by atoms with E-state index in [-0.39, 0.29) is 6.61 Å². The number of nitrogens with zero attached hydrogens (tertiary/aromatic N) is 1. The second-order valence-corrected chi connectivity index (χ2v) is 5.35. The highest BCUT2D eigenvalue weighted by molar-refractivity contribution is 6.30. The fourth-order valence-corrected chi connectivity index (χ4v) is 2.88. The summed E-state index contributed by atoms with van der Waals surface area (Å²) in [5, 5.41) is 9.78. The molecule has 1 aromatic carbocycles. The maximum absolute atomic E-state index is 8.94. The summed E-state index contributed by atoms with van der Waals surface area (Å²) < 4.78 is 0. The topological polar surface area (TPSA) is 23.5 Å². The van der Waals surface area contributed by atoms with Crippen LogP contribution in [0.2, 0.25) is 5.02 Å². The van der Waals surface area contributed by atoms with E-state index in [0.29, 0.717) is 5.92 Å². The molecular weight excluding hydrogens is 234 g/mol. The smallest absolute Gasteiger partial charge is 0.0558 e. The summed E-state index contributed by atoms with van der Waals surface area (Å²) in [4.78, 5) is 2.20. The van der Waals surface area contributed by atoms with E-state index in [1.807, 2.05) is 6.07 Å². The monoisotopic (exact) mass is 253 g/mol. The van der Waals surface area contributed by atoms with Crippen molar-refractivity contribution in [3.05, 3.63) is 34.3 Å². The van der Waals surface area contributed by atoms with Gasteiger partial charge in [-0.1, -0.05) is 17.7 Å². The number of aliphatic hydroxyl groups excluding tert-OH is 1. The quantitative estimate of drug-likeness (QED) is 0.892. The molecule has 0 bridgehead atoms. The minimum atomic E-state index is 0.228. The molecule has 0 aromatic heterocycles. The van der Waals surface area contributed by atoms with E-state index in [4.69, 9.17) is 16.7 Å². The van der Waals surface area contributed by atoms with E-state index in [1.54, 1.807) is 0 Å². The Morgan fingerprint density at radius 2 is 2.29 bits per heavy atom. The first-order valence-corrected chi connectivity index (χ1v) is 6.66. The van der Waals surface area contributed by atoms with E-state index in [2.05, 4.69) is 24.1 Å². The summed E-state index contributed by atoms with van der Waals surface area (Å²) in [7, 11) is 2.06. The van der Waals surface area contributed by atoms with E-state index in [9.17, 15) is 0 Å². The summed E-state index contributed by atoms with van der Waals surface area (Å²) in [5.41, 5.74) is 2.86. The number of hydrogen-bond acceptors (Lipinski definition) is 2. The van der Waals surface area contributed by atoms with Crippen LogP contribution in [-0.2, 0) is 6.42 Å². The van der Waals surface area contributed by atoms with Gasteiger partial charge in [0.2, 0.25) is 0 Å². The molecule has 1 aromatic rings. The van der Waals surface area contributed by atoms with Crippen LogP contribution in [0.15, 0.2) is 18.2 Å². The molecule has 1 N–H and O–H groups in total. The number of benzene rings is 1. The van der Waals surface area contributed by atoms with Crippen LogP contribution in [0.5, 0.6) is 0 Å². The zero-order valence-electron chi connectivity index (χ0n) is 10.3. The molecule has 0 fully saturated rings. The summed E-state index contributed by atoms with van der Waals surface area (Å²) in [6.45, 7) is 1.98. The van der Waals surface area contributed by atoms with E-state index in [1.165, 1.54) is 30.4 Å². The normalized spacial score (nSPS) is 19.4. The van der Waals surface area contributed by atoms with Gasteiger partial charge < -0.3 is 10.0 Å². The minimum Gasteiger partial charge on any atom is -0.395 e. The molecule has 0 saturated carbocycles. The average Bonchev–Trinajstić information content (AvgIpc) is 2.30. The van der Waals surface area contributed by atoms with Crippen LogP contribution in [0, 0.1) is 0 Å². The summed E-state index contributed by atoms with van der Waals surface area (Å²) in [6.07, 6.45) is 3.65. The van der Waals surface area contributed by atoms with Crippen LogP contribution in [0.1, 0.15) is 29.9 Å². The maximum atomic E-state index is 8.94. The lowest BCUT2D eigenvalue weighted by atomic mass is 9.82. The lowest BCUT2D eigenvalue weighted by molar-refractivity contribution is 0.211. The molecule has 1 atom stereocenters. The highest BCUT2D eigenvalue weighted by Gasteiger charge is 2.21. The van der Waals surface area contributed by atoms with Gasteiger partial charge in [0.25, 0.3) is 0 Å². The predicted octanol–water partition coefficient (Wildman–Crippen LogP) is 2.68. The lowest BCUT2D eigenvalue weighted by Gasteiger charge is -2.29. The van der Waals surface area contributed by atoms with Crippen molar-refractivity contribution in [1.82, 2.24) is 4.90 Å².